The molecule has 1 aliphatic heterocycles. The topological polar surface area (TPSA) is 66.8 Å². The molecule has 1 aliphatic rings. The molecule has 4 nitrogen and oxygen atoms in total. The van der Waals surface area contributed by atoms with Gasteiger partial charge in [-0.15, -0.1) is 0 Å². The fraction of sp³-hybridized carbons (Fsp3) is 0.957. The van der Waals surface area contributed by atoms with Crippen molar-refractivity contribution in [3.63, 3.8) is 0 Å². The first-order valence-electron chi connectivity index (χ1n) is 11.5. The number of carbonyl (C=O) groups is 1. The van der Waals surface area contributed by atoms with Gasteiger partial charge in [0.2, 0.25) is 0 Å². The smallest absolute Gasteiger partial charge is 0.303 e. The highest BCUT2D eigenvalue weighted by atomic mass is 16.5. The molecule has 0 saturated carbocycles. The molecule has 0 bridgehead atoms. The summed E-state index contributed by atoms with van der Waals surface area (Å²) in [6, 6.07) is 0. The number of hydrogen-bond donors (Lipinski definition) is 2. The van der Waals surface area contributed by atoms with Crippen LogP contribution in [-0.2, 0) is 9.53 Å². The van der Waals surface area contributed by atoms with Gasteiger partial charge in [-0.2, -0.15) is 0 Å². The Morgan fingerprint density at radius 1 is 1.00 bits per heavy atom. The van der Waals surface area contributed by atoms with Gasteiger partial charge in [-0.25, -0.2) is 0 Å². The molecular formula is C23H44O4. The second kappa shape index (κ2) is 14.4. The summed E-state index contributed by atoms with van der Waals surface area (Å²) in [6.07, 6.45) is 17.5. The van der Waals surface area contributed by atoms with Gasteiger partial charge in [-0.3, -0.25) is 4.79 Å². The van der Waals surface area contributed by atoms with Crippen LogP contribution in [0.25, 0.3) is 0 Å². The summed E-state index contributed by atoms with van der Waals surface area (Å²) >= 11 is 0. The van der Waals surface area contributed by atoms with E-state index in [4.69, 9.17) is 9.84 Å². The van der Waals surface area contributed by atoms with E-state index in [1.807, 2.05) is 6.92 Å². The molecule has 0 spiro atoms. The van der Waals surface area contributed by atoms with Crippen LogP contribution in [-0.4, -0.2) is 34.5 Å². The molecular weight excluding hydrogens is 340 g/mol. The van der Waals surface area contributed by atoms with E-state index in [0.717, 1.165) is 38.5 Å². The van der Waals surface area contributed by atoms with Crippen LogP contribution in [0.1, 0.15) is 117 Å². The third kappa shape index (κ3) is 13.2. The minimum Gasteiger partial charge on any atom is -0.481 e. The van der Waals surface area contributed by atoms with Crippen molar-refractivity contribution in [3.8, 4) is 0 Å². The number of aliphatic carboxylic acids is 1. The van der Waals surface area contributed by atoms with Gasteiger partial charge < -0.3 is 14.9 Å². The minimum atomic E-state index is -0.683. The van der Waals surface area contributed by atoms with Crippen molar-refractivity contribution in [1.82, 2.24) is 0 Å². The number of ether oxygens (including phenoxy) is 1. The number of carboxylic acids is 1. The highest BCUT2D eigenvalue weighted by molar-refractivity contribution is 5.66. The number of aliphatic hydroxyl groups is 1. The van der Waals surface area contributed by atoms with Crippen LogP contribution in [0.2, 0.25) is 0 Å². The Morgan fingerprint density at radius 3 is 2.33 bits per heavy atom. The number of unbranched alkanes of at least 4 members (excludes halogenated alkanes) is 8. The van der Waals surface area contributed by atoms with Crippen LogP contribution in [0.4, 0.5) is 0 Å². The molecule has 0 amide bonds. The predicted octanol–water partition coefficient (Wildman–Crippen LogP) is 6.10. The summed E-state index contributed by atoms with van der Waals surface area (Å²) in [4.78, 5) is 10.5. The van der Waals surface area contributed by atoms with Crippen molar-refractivity contribution in [2.24, 2.45) is 5.92 Å². The third-order valence-corrected chi connectivity index (χ3v) is 5.95. The van der Waals surface area contributed by atoms with E-state index in [9.17, 15) is 9.90 Å². The summed E-state index contributed by atoms with van der Waals surface area (Å²) < 4.78 is 6.11. The summed E-state index contributed by atoms with van der Waals surface area (Å²) in [6.45, 7) is 4.90. The van der Waals surface area contributed by atoms with Crippen LogP contribution in [0.15, 0.2) is 0 Å². The predicted molar refractivity (Wildman–Crippen MR) is 111 cm³/mol. The SMILES string of the molecule is CCCCCCC1CC(CCCCCCCCC(=O)O)CC(C)(O)CCO1. The van der Waals surface area contributed by atoms with Gasteiger partial charge in [-0.1, -0.05) is 71.1 Å². The molecule has 0 aromatic rings. The van der Waals surface area contributed by atoms with Crippen LogP contribution in [0.3, 0.4) is 0 Å². The molecule has 1 rings (SSSR count). The molecule has 2 N–H and O–H groups in total. The van der Waals surface area contributed by atoms with Crippen molar-refractivity contribution in [2.75, 3.05) is 6.61 Å². The van der Waals surface area contributed by atoms with Gasteiger partial charge in [0.25, 0.3) is 0 Å². The zero-order valence-corrected chi connectivity index (χ0v) is 17.9. The number of rotatable bonds is 14. The summed E-state index contributed by atoms with van der Waals surface area (Å²) in [5.41, 5.74) is -0.589. The van der Waals surface area contributed by atoms with Crippen molar-refractivity contribution in [3.05, 3.63) is 0 Å². The molecule has 0 aliphatic carbocycles. The van der Waals surface area contributed by atoms with Gasteiger partial charge in [0.1, 0.15) is 0 Å². The first-order valence-corrected chi connectivity index (χ1v) is 11.5. The molecule has 0 radical (unpaired) electrons. The molecule has 3 unspecified atom stereocenters. The van der Waals surface area contributed by atoms with Gasteiger partial charge in [-0.05, 0) is 44.9 Å². The summed E-state index contributed by atoms with van der Waals surface area (Å²) in [5, 5.41) is 19.3. The van der Waals surface area contributed by atoms with Crippen LogP contribution >= 0.6 is 0 Å². The quantitative estimate of drug-likeness (QED) is 0.355. The van der Waals surface area contributed by atoms with Crippen molar-refractivity contribution in [2.45, 2.75) is 128 Å². The maximum Gasteiger partial charge on any atom is 0.303 e. The van der Waals surface area contributed by atoms with E-state index in [-0.39, 0.29) is 0 Å². The van der Waals surface area contributed by atoms with E-state index in [1.165, 1.54) is 57.8 Å². The van der Waals surface area contributed by atoms with Crippen LogP contribution in [0.5, 0.6) is 0 Å². The van der Waals surface area contributed by atoms with Gasteiger partial charge in [0.05, 0.1) is 11.7 Å². The first-order chi connectivity index (χ1) is 12.9. The largest absolute Gasteiger partial charge is 0.481 e. The maximum absolute atomic E-state index is 10.6. The first kappa shape index (κ1) is 24.4. The molecule has 0 aromatic carbocycles. The minimum absolute atomic E-state index is 0.302. The second-order valence-corrected chi connectivity index (χ2v) is 8.95. The molecule has 4 heteroatoms. The number of hydrogen-bond acceptors (Lipinski definition) is 3. The molecule has 0 aromatic heterocycles. The molecule has 27 heavy (non-hydrogen) atoms. The van der Waals surface area contributed by atoms with Crippen molar-refractivity contribution >= 4 is 5.97 Å². The lowest BCUT2D eigenvalue weighted by molar-refractivity contribution is -0.137. The van der Waals surface area contributed by atoms with Crippen molar-refractivity contribution < 1.29 is 19.7 Å². The zero-order chi connectivity index (χ0) is 20.0. The summed E-state index contributed by atoms with van der Waals surface area (Å²) in [5.74, 6) is -0.124. The highest BCUT2D eigenvalue weighted by Gasteiger charge is 2.30. The Morgan fingerprint density at radius 2 is 1.63 bits per heavy atom. The van der Waals surface area contributed by atoms with Crippen LogP contribution < -0.4 is 0 Å². The van der Waals surface area contributed by atoms with Crippen molar-refractivity contribution in [1.29, 1.82) is 0 Å². The molecule has 3 atom stereocenters. The van der Waals surface area contributed by atoms with E-state index >= 15 is 0 Å². The highest BCUT2D eigenvalue weighted by Crippen LogP contribution is 2.32. The van der Waals surface area contributed by atoms with E-state index in [1.54, 1.807) is 0 Å². The van der Waals surface area contributed by atoms with Gasteiger partial charge in [0.15, 0.2) is 0 Å². The average Bonchev–Trinajstić information content (AvgIpc) is 2.58. The Kier molecular flexibility index (Phi) is 13.0. The standard InChI is InChI=1S/C23H44O4/c1-3-4-5-11-14-21-18-20(19-23(2,26)16-17-27-21)13-10-8-6-7-9-12-15-22(24)25/h20-21,26H,3-19H2,1-2H3,(H,24,25). The molecule has 1 heterocycles. The average molecular weight is 385 g/mol. The lowest BCUT2D eigenvalue weighted by atomic mass is 9.81. The lowest BCUT2D eigenvalue weighted by Crippen LogP contribution is -2.34. The Balaban J connectivity index is 2.26. The molecule has 1 fully saturated rings. The van der Waals surface area contributed by atoms with Gasteiger partial charge >= 0.3 is 5.97 Å². The lowest BCUT2D eigenvalue weighted by Gasteiger charge is -2.34. The van der Waals surface area contributed by atoms with E-state index in [0.29, 0.717) is 25.0 Å². The van der Waals surface area contributed by atoms with Gasteiger partial charge in [0, 0.05) is 13.0 Å². The van der Waals surface area contributed by atoms with E-state index in [2.05, 4.69) is 6.92 Å². The monoisotopic (exact) mass is 384 g/mol. The molecule has 160 valence electrons. The van der Waals surface area contributed by atoms with E-state index < -0.39 is 11.6 Å². The number of carboxylic acid groups (broad SMARTS) is 1. The molecule has 1 saturated heterocycles. The third-order valence-electron chi connectivity index (χ3n) is 5.95. The second-order valence-electron chi connectivity index (χ2n) is 8.95. The Hall–Kier alpha value is -0.610. The maximum atomic E-state index is 10.6. The Labute approximate surface area is 167 Å². The fourth-order valence-electron chi connectivity index (χ4n) is 4.33. The van der Waals surface area contributed by atoms with Crippen LogP contribution in [0, 0.1) is 5.92 Å². The fourth-order valence-corrected chi connectivity index (χ4v) is 4.33. The normalized spacial score (nSPS) is 26.5. The summed E-state index contributed by atoms with van der Waals surface area (Å²) in [7, 11) is 0. The Bertz CT molecular complexity index is 381. The zero-order valence-electron chi connectivity index (χ0n) is 17.9.